The average Bonchev–Trinajstić information content (AvgIpc) is 2.50. The van der Waals surface area contributed by atoms with Crippen molar-refractivity contribution in [3.8, 4) is 0 Å². The Bertz CT molecular complexity index is 408. The van der Waals surface area contributed by atoms with Gasteiger partial charge in [-0.05, 0) is 79.8 Å². The first-order chi connectivity index (χ1) is 12.3. The third kappa shape index (κ3) is 10.7. The summed E-state index contributed by atoms with van der Waals surface area (Å²) < 4.78 is 55.9. The number of hydrogen-bond donors (Lipinski definition) is 0. The van der Waals surface area contributed by atoms with Gasteiger partial charge in [-0.1, -0.05) is 0 Å². The number of halogens is 3. The zero-order valence-corrected chi connectivity index (χ0v) is 17.8. The summed E-state index contributed by atoms with van der Waals surface area (Å²) in [6.45, 7) is 14.8. The molecule has 0 N–H and O–H groups in total. The molecule has 1 atom stereocenters. The topological polar surface area (TPSA) is 30.9 Å². The van der Waals surface area contributed by atoms with E-state index in [9.17, 15) is 13.2 Å². The van der Waals surface area contributed by atoms with Gasteiger partial charge in [0.2, 0.25) is 0 Å². The molecule has 0 aromatic heterocycles. The van der Waals surface area contributed by atoms with Gasteiger partial charge in [0.15, 0.2) is 6.10 Å². The lowest BCUT2D eigenvalue weighted by molar-refractivity contribution is -0.228. The molecule has 4 nitrogen and oxygen atoms in total. The highest BCUT2D eigenvalue weighted by Crippen LogP contribution is 2.33. The van der Waals surface area contributed by atoms with Crippen molar-refractivity contribution in [2.75, 3.05) is 39.5 Å². The van der Waals surface area contributed by atoms with Crippen LogP contribution in [0.3, 0.4) is 0 Å². The summed E-state index contributed by atoms with van der Waals surface area (Å²) >= 11 is 0. The molecule has 1 heterocycles. The summed E-state index contributed by atoms with van der Waals surface area (Å²) in [5.74, 6) is 0.0522. The molecule has 0 aromatic carbocycles. The lowest BCUT2D eigenvalue weighted by Gasteiger charge is -2.41. The van der Waals surface area contributed by atoms with E-state index in [2.05, 4.69) is 25.7 Å². The molecule has 27 heavy (non-hydrogen) atoms. The van der Waals surface area contributed by atoms with E-state index in [4.69, 9.17) is 14.2 Å². The maximum Gasteiger partial charge on any atom is 0.414 e. The summed E-state index contributed by atoms with van der Waals surface area (Å²) in [6.07, 6.45) is -4.44. The van der Waals surface area contributed by atoms with Crippen LogP contribution in [0.15, 0.2) is 0 Å². The van der Waals surface area contributed by atoms with Crippen molar-refractivity contribution in [1.82, 2.24) is 4.90 Å². The Morgan fingerprint density at radius 2 is 1.44 bits per heavy atom. The molecule has 0 amide bonds. The van der Waals surface area contributed by atoms with Crippen LogP contribution in [0.5, 0.6) is 0 Å². The Hall–Kier alpha value is -0.370. The number of piperidine rings is 1. The number of ether oxygens (including phenoxy) is 3. The van der Waals surface area contributed by atoms with Crippen LogP contribution >= 0.6 is 0 Å². The highest BCUT2D eigenvalue weighted by atomic mass is 19.4. The molecule has 0 aliphatic carbocycles. The zero-order valence-electron chi connectivity index (χ0n) is 17.8. The van der Waals surface area contributed by atoms with Crippen LogP contribution in [0.2, 0.25) is 0 Å². The Morgan fingerprint density at radius 1 is 0.889 bits per heavy atom. The number of rotatable bonds is 9. The molecule has 1 fully saturated rings. The molecule has 0 bridgehead atoms. The first-order valence-electron chi connectivity index (χ1n) is 9.94. The van der Waals surface area contributed by atoms with Crippen molar-refractivity contribution in [3.05, 3.63) is 0 Å². The van der Waals surface area contributed by atoms with Crippen molar-refractivity contribution in [2.45, 2.75) is 84.2 Å². The van der Waals surface area contributed by atoms with Crippen molar-refractivity contribution in [3.63, 3.8) is 0 Å². The molecule has 162 valence electrons. The Labute approximate surface area is 162 Å². The molecule has 0 aromatic rings. The van der Waals surface area contributed by atoms with Crippen LogP contribution in [0.25, 0.3) is 0 Å². The number of likely N-dealkylation sites (tertiary alicyclic amines) is 1. The normalized spacial score (nSPS) is 19.4. The molecule has 0 spiro atoms. The second-order valence-corrected chi connectivity index (χ2v) is 9.31. The predicted octanol–water partition coefficient (Wildman–Crippen LogP) is 4.67. The van der Waals surface area contributed by atoms with E-state index in [1.165, 1.54) is 0 Å². The van der Waals surface area contributed by atoms with Crippen LogP contribution in [0.1, 0.15) is 60.8 Å². The van der Waals surface area contributed by atoms with Crippen LogP contribution in [0.4, 0.5) is 13.2 Å². The fraction of sp³-hybridized carbons (Fsp3) is 1.00. The Morgan fingerprint density at radius 3 is 1.93 bits per heavy atom. The van der Waals surface area contributed by atoms with Crippen molar-refractivity contribution in [1.29, 1.82) is 0 Å². The molecular formula is C20H38F3NO3. The maximum atomic E-state index is 13.3. The van der Waals surface area contributed by atoms with Crippen molar-refractivity contribution in [2.24, 2.45) is 5.92 Å². The van der Waals surface area contributed by atoms with Gasteiger partial charge in [0.1, 0.15) is 0 Å². The van der Waals surface area contributed by atoms with Crippen molar-refractivity contribution < 1.29 is 27.4 Å². The van der Waals surface area contributed by atoms with Crippen LogP contribution in [0, 0.1) is 5.92 Å². The molecule has 1 aliphatic rings. The minimum Gasteiger partial charge on any atom is -0.377 e. The van der Waals surface area contributed by atoms with Crippen molar-refractivity contribution >= 4 is 0 Å². The van der Waals surface area contributed by atoms with E-state index in [1.807, 2.05) is 20.8 Å². The Balaban J connectivity index is 2.30. The molecule has 0 saturated carbocycles. The second kappa shape index (κ2) is 10.4. The average molecular weight is 398 g/mol. The van der Waals surface area contributed by atoms with E-state index in [0.717, 1.165) is 25.9 Å². The number of nitrogens with zero attached hydrogens (tertiary/aromatic N) is 1. The molecule has 1 rings (SSSR count). The number of hydrogen-bond acceptors (Lipinski definition) is 4. The summed E-state index contributed by atoms with van der Waals surface area (Å²) in [5.41, 5.74) is -0.178. The first kappa shape index (κ1) is 24.7. The van der Waals surface area contributed by atoms with E-state index in [1.54, 1.807) is 0 Å². The maximum absolute atomic E-state index is 13.3. The third-order valence-electron chi connectivity index (χ3n) is 4.79. The minimum absolute atomic E-state index is 0.0363. The van der Waals surface area contributed by atoms with Crippen LogP contribution in [-0.4, -0.2) is 67.8 Å². The quantitative estimate of drug-likeness (QED) is 0.529. The second-order valence-electron chi connectivity index (χ2n) is 9.31. The minimum atomic E-state index is -4.34. The standard InChI is InChI=1S/C20H38F3NO3/c1-18(2,3)24-9-7-16(8-10-24)15-17(20(21,22)23)26-13-11-25-12-14-27-19(4,5)6/h16-17H,7-15H2,1-6H3. The smallest absolute Gasteiger partial charge is 0.377 e. The largest absolute Gasteiger partial charge is 0.414 e. The summed E-state index contributed by atoms with van der Waals surface area (Å²) in [4.78, 5) is 2.33. The van der Waals surface area contributed by atoms with Gasteiger partial charge in [0.25, 0.3) is 0 Å². The SMILES string of the molecule is CC(C)(C)OCCOCCOC(CC1CCN(C(C)(C)C)CC1)C(F)(F)F. The van der Waals surface area contributed by atoms with Gasteiger partial charge in [-0.2, -0.15) is 13.2 Å². The monoisotopic (exact) mass is 397 g/mol. The predicted molar refractivity (Wildman–Crippen MR) is 101 cm³/mol. The lowest BCUT2D eigenvalue weighted by atomic mass is 9.88. The molecule has 1 unspecified atom stereocenters. The van der Waals surface area contributed by atoms with Crippen LogP contribution in [-0.2, 0) is 14.2 Å². The fourth-order valence-corrected chi connectivity index (χ4v) is 3.20. The molecule has 1 aliphatic heterocycles. The van der Waals surface area contributed by atoms with Gasteiger partial charge in [0, 0.05) is 5.54 Å². The number of alkyl halides is 3. The van der Waals surface area contributed by atoms with E-state index in [0.29, 0.717) is 13.2 Å². The Kier molecular flexibility index (Phi) is 9.52. The summed E-state index contributed by atoms with van der Waals surface area (Å²) in [7, 11) is 0. The van der Waals surface area contributed by atoms with E-state index >= 15 is 0 Å². The summed E-state index contributed by atoms with van der Waals surface area (Å²) in [5, 5.41) is 0. The van der Waals surface area contributed by atoms with Gasteiger partial charge in [0.05, 0.1) is 32.0 Å². The highest BCUT2D eigenvalue weighted by molar-refractivity contribution is 4.84. The summed E-state index contributed by atoms with van der Waals surface area (Å²) in [6, 6.07) is 0. The van der Waals surface area contributed by atoms with E-state index in [-0.39, 0.29) is 36.7 Å². The van der Waals surface area contributed by atoms with Gasteiger partial charge in [-0.15, -0.1) is 0 Å². The van der Waals surface area contributed by atoms with Gasteiger partial charge < -0.3 is 14.2 Å². The molecule has 7 heteroatoms. The lowest BCUT2D eigenvalue weighted by Crippen LogP contribution is -2.47. The first-order valence-corrected chi connectivity index (χ1v) is 9.94. The third-order valence-corrected chi connectivity index (χ3v) is 4.79. The fourth-order valence-electron chi connectivity index (χ4n) is 3.20. The van der Waals surface area contributed by atoms with E-state index < -0.39 is 12.3 Å². The van der Waals surface area contributed by atoms with Gasteiger partial charge >= 0.3 is 6.18 Å². The molecule has 1 saturated heterocycles. The molecule has 0 radical (unpaired) electrons. The van der Waals surface area contributed by atoms with Gasteiger partial charge in [-0.3, -0.25) is 4.90 Å². The molecular weight excluding hydrogens is 359 g/mol. The zero-order chi connectivity index (χ0) is 20.7. The van der Waals surface area contributed by atoms with Gasteiger partial charge in [-0.25, -0.2) is 0 Å². The van der Waals surface area contributed by atoms with Crippen LogP contribution < -0.4 is 0 Å². The highest BCUT2D eigenvalue weighted by Gasteiger charge is 2.42.